The van der Waals surface area contributed by atoms with Gasteiger partial charge in [-0.25, -0.2) is 0 Å². The number of piperazine rings is 1. The highest BCUT2D eigenvalue weighted by molar-refractivity contribution is 5.84. The molecule has 1 fully saturated rings. The van der Waals surface area contributed by atoms with Crippen LogP contribution in [0.2, 0.25) is 0 Å². The largest absolute Gasteiger partial charge is 0.341 e. The van der Waals surface area contributed by atoms with Crippen molar-refractivity contribution >= 4 is 16.8 Å². The summed E-state index contributed by atoms with van der Waals surface area (Å²) in [5.41, 5.74) is 2.19. The summed E-state index contributed by atoms with van der Waals surface area (Å²) in [6.45, 7) is 11.8. The normalized spacial score (nSPS) is 19.7. The molecule has 0 saturated carbocycles. The number of nitrogens with zero attached hydrogens (tertiary/aromatic N) is 4. The minimum atomic E-state index is -0.343. The smallest absolute Gasteiger partial charge is 0.229 e. The molecule has 0 bridgehead atoms. The highest BCUT2D eigenvalue weighted by atomic mass is 16.2. The maximum Gasteiger partial charge on any atom is 0.229 e. The van der Waals surface area contributed by atoms with Crippen LogP contribution >= 0.6 is 0 Å². The van der Waals surface area contributed by atoms with E-state index in [4.69, 9.17) is 0 Å². The molecule has 0 unspecified atom stereocenters. The van der Waals surface area contributed by atoms with Crippen molar-refractivity contribution in [2.24, 2.45) is 5.41 Å². The van der Waals surface area contributed by atoms with Crippen molar-refractivity contribution in [1.29, 1.82) is 0 Å². The number of fused-ring (bicyclic) bond motifs is 3. The third-order valence-electron chi connectivity index (χ3n) is 5.92. The molecule has 5 nitrogen and oxygen atoms in total. The van der Waals surface area contributed by atoms with Crippen LogP contribution in [-0.4, -0.2) is 71.5 Å². The Morgan fingerprint density at radius 3 is 2.54 bits per heavy atom. The summed E-state index contributed by atoms with van der Waals surface area (Å²) in [5.74, 6) is 0.285. The molecule has 1 saturated heterocycles. The van der Waals surface area contributed by atoms with Crippen LogP contribution in [0.15, 0.2) is 30.3 Å². The van der Waals surface area contributed by atoms with E-state index in [9.17, 15) is 4.79 Å². The number of amides is 1. The van der Waals surface area contributed by atoms with Gasteiger partial charge in [-0.05, 0) is 38.4 Å². The van der Waals surface area contributed by atoms with Gasteiger partial charge in [-0.2, -0.15) is 0 Å². The molecular weight excluding hydrogens is 324 g/mol. The van der Waals surface area contributed by atoms with E-state index in [2.05, 4.69) is 70.5 Å². The van der Waals surface area contributed by atoms with E-state index in [0.717, 1.165) is 52.4 Å². The van der Waals surface area contributed by atoms with E-state index in [1.165, 1.54) is 16.6 Å². The number of likely N-dealkylation sites (N-methyl/N-ethyl adjacent to an activating group) is 1. The highest BCUT2D eigenvalue weighted by Gasteiger charge is 2.36. The zero-order valence-electron chi connectivity index (χ0n) is 16.2. The van der Waals surface area contributed by atoms with Gasteiger partial charge < -0.3 is 14.4 Å². The summed E-state index contributed by atoms with van der Waals surface area (Å²) in [5, 5.41) is 1.27. The average Bonchev–Trinajstić information content (AvgIpc) is 3.00. The first kappa shape index (κ1) is 17.6. The van der Waals surface area contributed by atoms with Gasteiger partial charge in [0, 0.05) is 57.0 Å². The Balaban J connectivity index is 1.46. The van der Waals surface area contributed by atoms with Crippen LogP contribution < -0.4 is 0 Å². The number of carbonyl (C=O) groups excluding carboxylic acids is 1. The van der Waals surface area contributed by atoms with Crippen LogP contribution in [0.25, 0.3) is 10.9 Å². The van der Waals surface area contributed by atoms with Crippen molar-refractivity contribution < 1.29 is 4.79 Å². The van der Waals surface area contributed by atoms with Gasteiger partial charge >= 0.3 is 0 Å². The van der Waals surface area contributed by atoms with Crippen LogP contribution in [0.5, 0.6) is 0 Å². The second kappa shape index (κ2) is 6.71. The van der Waals surface area contributed by atoms with E-state index in [1.54, 1.807) is 0 Å². The number of benzene rings is 1. The molecule has 0 atom stereocenters. The summed E-state index contributed by atoms with van der Waals surface area (Å²) in [6, 6.07) is 10.7. The van der Waals surface area contributed by atoms with Crippen LogP contribution in [0.4, 0.5) is 0 Å². The molecule has 1 aromatic heterocycles. The summed E-state index contributed by atoms with van der Waals surface area (Å²) in [7, 11) is 2.17. The summed E-state index contributed by atoms with van der Waals surface area (Å²) < 4.78 is 2.37. The van der Waals surface area contributed by atoms with E-state index < -0.39 is 0 Å². The lowest BCUT2D eigenvalue weighted by Gasteiger charge is -2.40. The molecule has 1 amide bonds. The van der Waals surface area contributed by atoms with Gasteiger partial charge in [0.25, 0.3) is 0 Å². The lowest BCUT2D eigenvalue weighted by molar-refractivity contribution is -0.143. The first-order valence-corrected chi connectivity index (χ1v) is 9.71. The second-order valence-corrected chi connectivity index (χ2v) is 8.54. The maximum atomic E-state index is 13.3. The van der Waals surface area contributed by atoms with Crippen molar-refractivity contribution in [1.82, 2.24) is 19.3 Å². The third-order valence-corrected chi connectivity index (χ3v) is 5.92. The molecule has 5 heteroatoms. The predicted molar refractivity (Wildman–Crippen MR) is 105 cm³/mol. The number of hydrogen-bond donors (Lipinski definition) is 0. The van der Waals surface area contributed by atoms with Crippen molar-refractivity contribution in [2.45, 2.75) is 26.9 Å². The van der Waals surface area contributed by atoms with Gasteiger partial charge in [-0.1, -0.05) is 18.2 Å². The first-order valence-electron chi connectivity index (χ1n) is 9.71. The topological polar surface area (TPSA) is 31.7 Å². The fourth-order valence-corrected chi connectivity index (χ4v) is 4.39. The van der Waals surface area contributed by atoms with Crippen molar-refractivity contribution in [2.75, 3.05) is 46.3 Å². The Labute approximate surface area is 156 Å². The lowest BCUT2D eigenvalue weighted by atomic mass is 9.90. The monoisotopic (exact) mass is 354 g/mol. The maximum absolute atomic E-state index is 13.3. The first-order chi connectivity index (χ1) is 12.4. The molecular formula is C21H30N4O. The molecule has 26 heavy (non-hydrogen) atoms. The quantitative estimate of drug-likeness (QED) is 0.847. The fourth-order valence-electron chi connectivity index (χ4n) is 4.39. The van der Waals surface area contributed by atoms with E-state index in [-0.39, 0.29) is 11.3 Å². The minimum absolute atomic E-state index is 0.285. The van der Waals surface area contributed by atoms with Crippen LogP contribution in [-0.2, 0) is 17.9 Å². The van der Waals surface area contributed by atoms with E-state index in [0.29, 0.717) is 0 Å². The molecule has 2 aliphatic heterocycles. The number of aromatic nitrogens is 1. The Hall–Kier alpha value is -1.85. The Bertz CT molecular complexity index is 801. The minimum Gasteiger partial charge on any atom is -0.341 e. The van der Waals surface area contributed by atoms with Gasteiger partial charge in [-0.3, -0.25) is 9.69 Å². The van der Waals surface area contributed by atoms with Gasteiger partial charge in [0.1, 0.15) is 0 Å². The Kier molecular flexibility index (Phi) is 4.53. The molecule has 2 aliphatic rings. The SMILES string of the molecule is CN1CCN(CC(C)(C)C(=O)N2CCn3c(cc4ccccc43)C2)CC1. The third kappa shape index (κ3) is 3.26. The van der Waals surface area contributed by atoms with Crippen molar-refractivity contribution in [3.05, 3.63) is 36.0 Å². The van der Waals surface area contributed by atoms with Gasteiger partial charge in [0.15, 0.2) is 0 Å². The van der Waals surface area contributed by atoms with Gasteiger partial charge in [-0.15, -0.1) is 0 Å². The fraction of sp³-hybridized carbons (Fsp3) is 0.571. The molecule has 2 aromatic rings. The average molecular weight is 354 g/mol. The summed E-state index contributed by atoms with van der Waals surface area (Å²) >= 11 is 0. The summed E-state index contributed by atoms with van der Waals surface area (Å²) in [6.07, 6.45) is 0. The summed E-state index contributed by atoms with van der Waals surface area (Å²) in [4.78, 5) is 20.1. The number of rotatable bonds is 3. The predicted octanol–water partition coefficient (Wildman–Crippen LogP) is 2.26. The standard InChI is InChI=1S/C21H30N4O/c1-21(2,16-23-10-8-22(3)9-11-23)20(26)24-12-13-25-18(15-24)14-17-6-4-5-7-19(17)25/h4-7,14H,8-13,15-16H2,1-3H3. The van der Waals surface area contributed by atoms with Gasteiger partial charge in [0.05, 0.1) is 12.0 Å². The molecule has 140 valence electrons. The molecule has 0 radical (unpaired) electrons. The van der Waals surface area contributed by atoms with Crippen molar-refractivity contribution in [3.8, 4) is 0 Å². The zero-order valence-corrected chi connectivity index (χ0v) is 16.2. The lowest BCUT2D eigenvalue weighted by Crippen LogP contribution is -2.52. The van der Waals surface area contributed by atoms with Crippen LogP contribution in [0.1, 0.15) is 19.5 Å². The van der Waals surface area contributed by atoms with Crippen molar-refractivity contribution in [3.63, 3.8) is 0 Å². The highest BCUT2D eigenvalue weighted by Crippen LogP contribution is 2.28. The number of para-hydroxylation sites is 1. The molecule has 0 N–H and O–H groups in total. The molecule has 0 spiro atoms. The van der Waals surface area contributed by atoms with Crippen LogP contribution in [0.3, 0.4) is 0 Å². The zero-order chi connectivity index (χ0) is 18.3. The second-order valence-electron chi connectivity index (χ2n) is 8.54. The number of carbonyl (C=O) groups is 1. The molecule has 0 aliphatic carbocycles. The molecule has 1 aromatic carbocycles. The van der Waals surface area contributed by atoms with Gasteiger partial charge in [0.2, 0.25) is 5.91 Å². The molecule has 4 rings (SSSR count). The Morgan fingerprint density at radius 1 is 1.04 bits per heavy atom. The van der Waals surface area contributed by atoms with E-state index in [1.807, 2.05) is 0 Å². The number of hydrogen-bond acceptors (Lipinski definition) is 3. The Morgan fingerprint density at radius 2 is 1.77 bits per heavy atom. The molecule has 3 heterocycles. The van der Waals surface area contributed by atoms with E-state index >= 15 is 0 Å². The van der Waals surface area contributed by atoms with Crippen LogP contribution in [0, 0.1) is 5.41 Å².